The molecule has 4 rings (SSSR count). The number of guanidine groups is 1. The van der Waals surface area contributed by atoms with Crippen molar-refractivity contribution in [3.05, 3.63) is 54.6 Å². The minimum Gasteiger partial charge on any atom is -0.356 e. The third-order valence-corrected chi connectivity index (χ3v) is 5.06. The number of hydrogen-bond donors (Lipinski definition) is 2. The Labute approximate surface area is 187 Å². The van der Waals surface area contributed by atoms with Crippen LogP contribution in [0.2, 0.25) is 0 Å². The molecule has 0 spiro atoms. The number of fused-ring (bicyclic) bond motifs is 1. The van der Waals surface area contributed by atoms with E-state index in [4.69, 9.17) is 0 Å². The summed E-state index contributed by atoms with van der Waals surface area (Å²) in [5.41, 5.74) is 0.875. The lowest BCUT2D eigenvalue weighted by molar-refractivity contribution is 0.459. The van der Waals surface area contributed by atoms with Gasteiger partial charge in [-0.3, -0.25) is 9.39 Å². The second kappa shape index (κ2) is 10.4. The molecule has 1 aliphatic heterocycles. The Hall–Kier alpha value is -2.43. The molecule has 3 aromatic heterocycles. The van der Waals surface area contributed by atoms with E-state index in [1.807, 2.05) is 54.2 Å². The normalized spacial score (nSPS) is 15.2. The zero-order valence-electron chi connectivity index (χ0n) is 16.5. The van der Waals surface area contributed by atoms with E-state index in [1.54, 1.807) is 0 Å². The molecule has 1 fully saturated rings. The van der Waals surface area contributed by atoms with Gasteiger partial charge in [0.1, 0.15) is 11.6 Å². The number of nitrogens with zero attached hydrogens (tertiary/aromatic N) is 6. The summed E-state index contributed by atoms with van der Waals surface area (Å²) < 4.78 is 2.02. The Kier molecular flexibility index (Phi) is 7.62. The molecule has 8 nitrogen and oxygen atoms in total. The van der Waals surface area contributed by atoms with Crippen LogP contribution in [0.15, 0.2) is 53.8 Å². The van der Waals surface area contributed by atoms with Crippen LogP contribution in [0, 0.1) is 0 Å². The molecule has 0 aromatic carbocycles. The van der Waals surface area contributed by atoms with Gasteiger partial charge in [0.25, 0.3) is 0 Å². The predicted molar refractivity (Wildman–Crippen MR) is 126 cm³/mol. The topological polar surface area (TPSA) is 82.7 Å². The van der Waals surface area contributed by atoms with Crippen LogP contribution in [-0.2, 0) is 6.42 Å². The van der Waals surface area contributed by atoms with Crippen molar-refractivity contribution in [1.82, 2.24) is 30.2 Å². The number of rotatable bonds is 5. The van der Waals surface area contributed by atoms with Gasteiger partial charge in [-0.15, -0.1) is 34.2 Å². The summed E-state index contributed by atoms with van der Waals surface area (Å²) in [7, 11) is 1.81. The van der Waals surface area contributed by atoms with Crippen LogP contribution < -0.4 is 15.5 Å². The van der Waals surface area contributed by atoms with E-state index in [-0.39, 0.29) is 24.0 Å². The van der Waals surface area contributed by atoms with Crippen LogP contribution in [0.5, 0.6) is 0 Å². The first-order valence-electron chi connectivity index (χ1n) is 9.75. The Morgan fingerprint density at radius 2 is 1.97 bits per heavy atom. The maximum Gasteiger partial charge on any atom is 0.191 e. The van der Waals surface area contributed by atoms with E-state index >= 15 is 0 Å². The lowest BCUT2D eigenvalue weighted by Gasteiger charge is -2.33. The highest BCUT2D eigenvalue weighted by molar-refractivity contribution is 14.0. The quantitative estimate of drug-likeness (QED) is 0.314. The largest absolute Gasteiger partial charge is 0.356 e. The van der Waals surface area contributed by atoms with Gasteiger partial charge in [-0.05, 0) is 37.1 Å². The lowest BCUT2D eigenvalue weighted by atomic mass is 10.1. The molecule has 1 aliphatic rings. The molecule has 0 amide bonds. The van der Waals surface area contributed by atoms with Crippen molar-refractivity contribution in [2.45, 2.75) is 25.3 Å². The maximum absolute atomic E-state index is 4.45. The molecular formula is C20H27IN8. The van der Waals surface area contributed by atoms with Crippen molar-refractivity contribution in [2.24, 2.45) is 4.99 Å². The molecule has 4 heterocycles. The molecule has 0 bridgehead atoms. The molecule has 0 unspecified atom stereocenters. The monoisotopic (exact) mass is 506 g/mol. The highest BCUT2D eigenvalue weighted by Gasteiger charge is 2.20. The third kappa shape index (κ3) is 5.34. The van der Waals surface area contributed by atoms with E-state index < -0.39 is 0 Å². The molecule has 29 heavy (non-hydrogen) atoms. The van der Waals surface area contributed by atoms with Crippen molar-refractivity contribution in [1.29, 1.82) is 0 Å². The van der Waals surface area contributed by atoms with Crippen LogP contribution in [-0.4, -0.2) is 58.3 Å². The van der Waals surface area contributed by atoms with Gasteiger partial charge in [-0.25, -0.2) is 4.98 Å². The van der Waals surface area contributed by atoms with Crippen LogP contribution in [0.4, 0.5) is 5.82 Å². The molecule has 3 aromatic rings. The fourth-order valence-electron chi connectivity index (χ4n) is 3.54. The summed E-state index contributed by atoms with van der Waals surface area (Å²) in [5.74, 6) is 2.84. The average Bonchev–Trinajstić information content (AvgIpc) is 3.17. The molecule has 0 atom stereocenters. The first kappa shape index (κ1) is 21.3. The number of hydrogen-bond acceptors (Lipinski definition) is 5. The second-order valence-electron chi connectivity index (χ2n) is 6.89. The molecule has 2 N–H and O–H groups in total. The van der Waals surface area contributed by atoms with Crippen molar-refractivity contribution < 1.29 is 0 Å². The predicted octanol–water partition coefficient (Wildman–Crippen LogP) is 2.12. The SMILES string of the molecule is CN=C(NCCc1nnc2ccccn12)NC1CCN(c2ccccn2)CC1.I. The Bertz CT molecular complexity index is 918. The highest BCUT2D eigenvalue weighted by atomic mass is 127. The molecule has 154 valence electrons. The minimum absolute atomic E-state index is 0. The first-order valence-corrected chi connectivity index (χ1v) is 9.75. The van der Waals surface area contributed by atoms with Gasteiger partial charge < -0.3 is 15.5 Å². The van der Waals surface area contributed by atoms with Gasteiger partial charge in [0.15, 0.2) is 11.6 Å². The first-order chi connectivity index (χ1) is 13.8. The van der Waals surface area contributed by atoms with E-state index in [9.17, 15) is 0 Å². The number of aliphatic imine (C=N–C) groups is 1. The van der Waals surface area contributed by atoms with Crippen molar-refractivity contribution in [2.75, 3.05) is 31.6 Å². The number of pyridine rings is 2. The summed E-state index contributed by atoms with van der Waals surface area (Å²) in [6, 6.07) is 12.4. The van der Waals surface area contributed by atoms with E-state index in [2.05, 4.69) is 41.8 Å². The fraction of sp³-hybridized carbons (Fsp3) is 0.400. The molecule has 1 saturated heterocycles. The number of anilines is 1. The smallest absolute Gasteiger partial charge is 0.191 e. The van der Waals surface area contributed by atoms with Crippen LogP contribution >= 0.6 is 24.0 Å². The highest BCUT2D eigenvalue weighted by Crippen LogP contribution is 2.17. The van der Waals surface area contributed by atoms with Crippen molar-refractivity contribution >= 4 is 41.4 Å². The van der Waals surface area contributed by atoms with E-state index in [0.29, 0.717) is 6.04 Å². The maximum atomic E-state index is 4.45. The number of nitrogens with one attached hydrogen (secondary N) is 2. The van der Waals surface area contributed by atoms with Gasteiger partial charge in [-0.2, -0.15) is 0 Å². The third-order valence-electron chi connectivity index (χ3n) is 5.06. The van der Waals surface area contributed by atoms with Gasteiger partial charge in [0.2, 0.25) is 0 Å². The van der Waals surface area contributed by atoms with Gasteiger partial charge in [0.05, 0.1) is 0 Å². The summed E-state index contributed by atoms with van der Waals surface area (Å²) in [6.07, 6.45) is 6.75. The van der Waals surface area contributed by atoms with Gasteiger partial charge in [-0.1, -0.05) is 12.1 Å². The molecule has 0 radical (unpaired) electrons. The summed E-state index contributed by atoms with van der Waals surface area (Å²) in [5, 5.41) is 15.4. The molecule has 0 saturated carbocycles. The average molecular weight is 506 g/mol. The molecular weight excluding hydrogens is 479 g/mol. The van der Waals surface area contributed by atoms with Crippen LogP contribution in [0.25, 0.3) is 5.65 Å². The Morgan fingerprint density at radius 3 is 2.72 bits per heavy atom. The van der Waals surface area contributed by atoms with Crippen molar-refractivity contribution in [3.8, 4) is 0 Å². The standard InChI is InChI=1S/C20H26N8.HI/c1-21-20(23-12-8-19-26-25-18-7-3-5-13-28(18)19)24-16-9-14-27(15-10-16)17-6-2-4-11-22-17;/h2-7,11,13,16H,8-10,12,14-15H2,1H3,(H2,21,23,24);1H. The molecule has 0 aliphatic carbocycles. The molecule has 9 heteroatoms. The van der Waals surface area contributed by atoms with E-state index in [0.717, 1.165) is 62.1 Å². The lowest BCUT2D eigenvalue weighted by Crippen LogP contribution is -2.49. The summed E-state index contributed by atoms with van der Waals surface area (Å²) >= 11 is 0. The van der Waals surface area contributed by atoms with Gasteiger partial charge >= 0.3 is 0 Å². The van der Waals surface area contributed by atoms with Gasteiger partial charge in [0, 0.05) is 51.5 Å². The number of piperidine rings is 1. The second-order valence-corrected chi connectivity index (χ2v) is 6.89. The Balaban J connectivity index is 0.00000240. The van der Waals surface area contributed by atoms with E-state index in [1.165, 1.54) is 0 Å². The minimum atomic E-state index is 0. The summed E-state index contributed by atoms with van der Waals surface area (Å²) in [4.78, 5) is 11.2. The number of aromatic nitrogens is 4. The summed E-state index contributed by atoms with van der Waals surface area (Å²) in [6.45, 7) is 2.75. The van der Waals surface area contributed by atoms with Crippen molar-refractivity contribution in [3.63, 3.8) is 0 Å². The Morgan fingerprint density at radius 1 is 1.14 bits per heavy atom. The zero-order valence-corrected chi connectivity index (χ0v) is 18.9. The van der Waals surface area contributed by atoms with Crippen LogP contribution in [0.3, 0.4) is 0 Å². The number of halogens is 1. The van der Waals surface area contributed by atoms with Crippen LogP contribution in [0.1, 0.15) is 18.7 Å². The fourth-order valence-corrected chi connectivity index (χ4v) is 3.54. The zero-order chi connectivity index (χ0) is 19.2.